The lowest BCUT2D eigenvalue weighted by Gasteiger charge is -2.50. The summed E-state index contributed by atoms with van der Waals surface area (Å²) in [7, 11) is 0. The molecule has 4 aliphatic rings. The molecule has 5 atom stereocenters. The third-order valence-corrected chi connectivity index (χ3v) is 7.53. The molecule has 0 spiro atoms. The molecular weight excluding hydrogens is 452 g/mol. The molecule has 0 heterocycles. The van der Waals surface area contributed by atoms with Gasteiger partial charge in [0.2, 0.25) is 5.78 Å². The second-order valence-corrected chi connectivity index (χ2v) is 9.62. The molecule has 4 aliphatic carbocycles. The number of fused-ring (bicyclic) bond motifs is 1. The fraction of sp³-hybridized carbons (Fsp3) is 0.258. The third-order valence-electron chi connectivity index (χ3n) is 7.53. The van der Waals surface area contributed by atoms with Gasteiger partial charge in [-0.15, -0.1) is 0 Å². The molecule has 5 heteroatoms. The molecule has 0 saturated heterocycles. The lowest BCUT2D eigenvalue weighted by atomic mass is 9.53. The zero-order valence-corrected chi connectivity index (χ0v) is 19.8. The predicted molar refractivity (Wildman–Crippen MR) is 137 cm³/mol. The van der Waals surface area contributed by atoms with Crippen molar-refractivity contribution in [3.05, 3.63) is 119 Å². The topological polar surface area (TPSA) is 80.7 Å². The zero-order chi connectivity index (χ0) is 25.1. The van der Waals surface area contributed by atoms with Gasteiger partial charge >= 0.3 is 11.9 Å². The highest BCUT2D eigenvalue weighted by Gasteiger charge is 2.55. The summed E-state index contributed by atoms with van der Waals surface area (Å²) >= 11 is 0. The van der Waals surface area contributed by atoms with Gasteiger partial charge < -0.3 is 9.84 Å². The maximum atomic E-state index is 13.0. The van der Waals surface area contributed by atoms with Crippen molar-refractivity contribution in [1.82, 2.24) is 0 Å². The van der Waals surface area contributed by atoms with Gasteiger partial charge in [0, 0.05) is 29.2 Å². The van der Waals surface area contributed by atoms with Gasteiger partial charge in [0.15, 0.2) is 0 Å². The van der Waals surface area contributed by atoms with Crippen LogP contribution in [-0.4, -0.2) is 29.4 Å². The van der Waals surface area contributed by atoms with Gasteiger partial charge in [0.1, 0.15) is 0 Å². The molecule has 36 heavy (non-hydrogen) atoms. The number of allylic oxidation sites excluding steroid dienone is 13. The summed E-state index contributed by atoms with van der Waals surface area (Å²) in [4.78, 5) is 37.6. The first-order chi connectivity index (χ1) is 17.5. The van der Waals surface area contributed by atoms with Gasteiger partial charge in [-0.05, 0) is 35.5 Å². The number of ether oxygens (including phenoxy) is 1. The lowest BCUT2D eigenvalue weighted by molar-refractivity contribution is -0.158. The van der Waals surface area contributed by atoms with Crippen LogP contribution in [0.5, 0.6) is 0 Å². The van der Waals surface area contributed by atoms with Crippen molar-refractivity contribution in [2.45, 2.75) is 18.8 Å². The van der Waals surface area contributed by atoms with Gasteiger partial charge in [-0.1, -0.05) is 97.2 Å². The number of aliphatic carboxylic acids is 1. The van der Waals surface area contributed by atoms with Gasteiger partial charge in [0.25, 0.3) is 0 Å². The Morgan fingerprint density at radius 3 is 2.56 bits per heavy atom. The first-order valence-corrected chi connectivity index (χ1v) is 12.3. The van der Waals surface area contributed by atoms with Crippen LogP contribution in [0.2, 0.25) is 0 Å². The van der Waals surface area contributed by atoms with Gasteiger partial charge in [-0.3, -0.25) is 4.79 Å². The number of carbonyl (C=O) groups is 3. The fourth-order valence-corrected chi connectivity index (χ4v) is 5.70. The molecule has 1 aromatic rings. The van der Waals surface area contributed by atoms with Crippen molar-refractivity contribution in [3.63, 3.8) is 0 Å². The van der Waals surface area contributed by atoms with Crippen LogP contribution in [0.15, 0.2) is 114 Å². The normalized spacial score (nSPS) is 29.1. The Bertz CT molecular complexity index is 1270. The number of carboxylic acids is 1. The Kier molecular flexibility index (Phi) is 6.81. The van der Waals surface area contributed by atoms with Crippen LogP contribution in [0, 0.1) is 23.7 Å². The van der Waals surface area contributed by atoms with Crippen molar-refractivity contribution in [3.8, 4) is 0 Å². The average molecular weight is 481 g/mol. The number of carboxylic acid groups (broad SMARTS) is 1. The number of Topliss-reactive ketones (excluding diaryl/α,β-unsaturated/α-hetero) is 1. The van der Waals surface area contributed by atoms with E-state index in [-0.39, 0.29) is 36.2 Å². The van der Waals surface area contributed by atoms with E-state index < -0.39 is 17.7 Å². The molecule has 0 radical (unpaired) electrons. The van der Waals surface area contributed by atoms with E-state index in [0.29, 0.717) is 18.4 Å². The van der Waals surface area contributed by atoms with Crippen LogP contribution in [-0.2, 0) is 19.1 Å². The highest BCUT2D eigenvalue weighted by molar-refractivity contribution is 6.34. The average Bonchev–Trinajstić information content (AvgIpc) is 2.91. The third kappa shape index (κ3) is 4.74. The van der Waals surface area contributed by atoms with Crippen LogP contribution in [0.1, 0.15) is 24.3 Å². The van der Waals surface area contributed by atoms with Crippen molar-refractivity contribution >= 4 is 17.7 Å². The number of hydrogen-bond acceptors (Lipinski definition) is 4. The molecule has 1 saturated carbocycles. The SMILES string of the molecule is O=C(O)C(=O)C1C(C=C2C=CC=CC2)C(COC(=O)C2=CC=C3C=CC=CC3C2)C1c1ccccc1. The first kappa shape index (κ1) is 23.7. The van der Waals surface area contributed by atoms with Crippen LogP contribution in [0.3, 0.4) is 0 Å². The minimum Gasteiger partial charge on any atom is -0.475 e. The van der Waals surface area contributed by atoms with Crippen LogP contribution < -0.4 is 0 Å². The highest BCUT2D eigenvalue weighted by atomic mass is 16.5. The summed E-state index contributed by atoms with van der Waals surface area (Å²) in [5.74, 6) is -4.01. The van der Waals surface area contributed by atoms with E-state index in [4.69, 9.17) is 4.74 Å². The number of benzene rings is 1. The Morgan fingerprint density at radius 2 is 1.81 bits per heavy atom. The molecule has 1 aromatic carbocycles. The molecule has 0 aliphatic heterocycles. The van der Waals surface area contributed by atoms with Gasteiger partial charge in [-0.25, -0.2) is 9.59 Å². The van der Waals surface area contributed by atoms with Gasteiger partial charge in [0.05, 0.1) is 6.61 Å². The van der Waals surface area contributed by atoms with Crippen molar-refractivity contribution in [1.29, 1.82) is 0 Å². The van der Waals surface area contributed by atoms with E-state index in [1.165, 1.54) is 5.57 Å². The fourth-order valence-electron chi connectivity index (χ4n) is 5.70. The monoisotopic (exact) mass is 480 g/mol. The Labute approximate surface area is 210 Å². The first-order valence-electron chi connectivity index (χ1n) is 12.3. The number of esters is 1. The van der Waals surface area contributed by atoms with Crippen molar-refractivity contribution in [2.75, 3.05) is 6.61 Å². The summed E-state index contributed by atoms with van der Waals surface area (Å²) < 4.78 is 5.83. The molecule has 0 aromatic heterocycles. The van der Waals surface area contributed by atoms with Crippen LogP contribution in [0.4, 0.5) is 0 Å². The molecule has 5 rings (SSSR count). The minimum absolute atomic E-state index is 0.115. The minimum atomic E-state index is -1.43. The van der Waals surface area contributed by atoms with Gasteiger partial charge in [-0.2, -0.15) is 0 Å². The predicted octanol–water partition coefficient (Wildman–Crippen LogP) is 5.27. The van der Waals surface area contributed by atoms with E-state index in [2.05, 4.69) is 12.2 Å². The van der Waals surface area contributed by atoms with Crippen molar-refractivity contribution < 1.29 is 24.2 Å². The molecule has 0 bridgehead atoms. The largest absolute Gasteiger partial charge is 0.475 e. The summed E-state index contributed by atoms with van der Waals surface area (Å²) in [6, 6.07) is 9.46. The molecule has 182 valence electrons. The summed E-state index contributed by atoms with van der Waals surface area (Å²) in [5, 5.41) is 9.57. The van der Waals surface area contributed by atoms with E-state index in [1.807, 2.05) is 85.0 Å². The molecule has 5 unspecified atom stereocenters. The summed E-state index contributed by atoms with van der Waals surface area (Å²) in [6.07, 6.45) is 23.1. The van der Waals surface area contributed by atoms with Crippen molar-refractivity contribution in [2.24, 2.45) is 23.7 Å². The zero-order valence-electron chi connectivity index (χ0n) is 19.8. The van der Waals surface area contributed by atoms with E-state index in [0.717, 1.165) is 11.1 Å². The second kappa shape index (κ2) is 10.3. The van der Waals surface area contributed by atoms with Crippen LogP contribution in [0.25, 0.3) is 0 Å². The molecule has 1 fully saturated rings. The van der Waals surface area contributed by atoms with E-state index >= 15 is 0 Å². The molecule has 5 nitrogen and oxygen atoms in total. The molecular formula is C31H28O5. The second-order valence-electron chi connectivity index (χ2n) is 9.62. The van der Waals surface area contributed by atoms with E-state index in [1.54, 1.807) is 0 Å². The Morgan fingerprint density at radius 1 is 1.00 bits per heavy atom. The Balaban J connectivity index is 1.39. The standard InChI is InChI=1S/C31H28O5/c32-29(30(33)34)28-25(17-20-9-3-1-4-10-20)26(27(28)22-12-5-2-6-13-22)19-36-31(35)24-16-15-21-11-7-8-14-23(21)18-24/h1-9,11-17,23,25-28H,10,18-19H2,(H,33,34). The summed E-state index contributed by atoms with van der Waals surface area (Å²) in [5.41, 5.74) is 3.70. The Hall–Kier alpha value is -3.99. The number of carbonyl (C=O) groups excluding carboxylic acids is 2. The van der Waals surface area contributed by atoms with E-state index in [9.17, 15) is 19.5 Å². The summed E-state index contributed by atoms with van der Waals surface area (Å²) in [6.45, 7) is 0.115. The lowest BCUT2D eigenvalue weighted by Crippen LogP contribution is -2.52. The molecule has 0 amide bonds. The number of rotatable bonds is 7. The quantitative estimate of drug-likeness (QED) is 0.425. The smallest absolute Gasteiger partial charge is 0.372 e. The maximum absolute atomic E-state index is 13.0. The highest BCUT2D eigenvalue weighted by Crippen LogP contribution is 2.54. The molecule has 1 N–H and O–H groups in total. The van der Waals surface area contributed by atoms with Crippen LogP contribution >= 0.6 is 0 Å². The number of hydrogen-bond donors (Lipinski definition) is 1. The maximum Gasteiger partial charge on any atom is 0.372 e. The number of ketones is 1.